The quantitative estimate of drug-likeness (QED) is 0.873. The molecular weight excluding hydrogens is 318 g/mol. The molecule has 1 aromatic carbocycles. The Labute approximate surface area is 147 Å². The number of methoxy groups -OCH3 is 1. The molecule has 1 aliphatic heterocycles. The number of para-hydroxylation sites is 1. The summed E-state index contributed by atoms with van der Waals surface area (Å²) in [5.41, 5.74) is 2.59. The molecule has 1 N–H and O–H groups in total. The van der Waals surface area contributed by atoms with E-state index in [1.807, 2.05) is 24.3 Å². The monoisotopic (exact) mass is 341 g/mol. The summed E-state index contributed by atoms with van der Waals surface area (Å²) in [4.78, 5) is 18.5. The van der Waals surface area contributed by atoms with Crippen molar-refractivity contribution in [3.8, 4) is 5.75 Å². The molecule has 2 aromatic rings. The van der Waals surface area contributed by atoms with Crippen molar-refractivity contribution in [2.75, 3.05) is 45.3 Å². The first-order valence-electron chi connectivity index (χ1n) is 8.46. The van der Waals surface area contributed by atoms with Crippen LogP contribution in [0.25, 0.3) is 0 Å². The van der Waals surface area contributed by atoms with E-state index >= 15 is 0 Å². The highest BCUT2D eigenvalue weighted by Crippen LogP contribution is 2.18. The van der Waals surface area contributed by atoms with Crippen molar-refractivity contribution in [1.29, 1.82) is 0 Å². The van der Waals surface area contributed by atoms with Gasteiger partial charge in [-0.2, -0.15) is 0 Å². The minimum absolute atomic E-state index is 0.00387. The third-order valence-electron chi connectivity index (χ3n) is 4.20. The molecule has 3 rings (SSSR count). The van der Waals surface area contributed by atoms with Gasteiger partial charge in [-0.05, 0) is 24.1 Å². The first kappa shape index (κ1) is 17.2. The zero-order valence-electron chi connectivity index (χ0n) is 14.4. The number of anilines is 1. The molecule has 1 aromatic heterocycles. The third kappa shape index (κ3) is 4.48. The Kier molecular flexibility index (Phi) is 5.85. The normalized spacial score (nSPS) is 14.2. The lowest BCUT2D eigenvalue weighted by Crippen LogP contribution is -2.40. The number of carbonyl (C=O) groups excluding carboxylic acids is 1. The Bertz CT molecular complexity index is 715. The molecule has 0 unspecified atom stereocenters. The van der Waals surface area contributed by atoms with Gasteiger partial charge in [0.25, 0.3) is 5.91 Å². The van der Waals surface area contributed by atoms with Gasteiger partial charge < -0.3 is 19.7 Å². The van der Waals surface area contributed by atoms with Crippen molar-refractivity contribution < 1.29 is 14.3 Å². The van der Waals surface area contributed by atoms with Crippen LogP contribution in [-0.2, 0) is 11.2 Å². The predicted octanol–water partition coefficient (Wildman–Crippen LogP) is 2.22. The zero-order chi connectivity index (χ0) is 17.5. The second-order valence-corrected chi connectivity index (χ2v) is 5.86. The van der Waals surface area contributed by atoms with E-state index in [-0.39, 0.29) is 5.91 Å². The fourth-order valence-corrected chi connectivity index (χ4v) is 2.85. The standard InChI is InChI=1S/C19H23N3O3/c1-24-18-5-3-2-4-15(18)6-7-21-17-12-16(13-20-14-17)19(23)22-8-10-25-11-9-22/h2-5,12-14,21H,6-11H2,1H3. The number of ether oxygens (including phenoxy) is 2. The van der Waals surface area contributed by atoms with Gasteiger partial charge in [-0.1, -0.05) is 18.2 Å². The van der Waals surface area contributed by atoms with Gasteiger partial charge in [0.15, 0.2) is 0 Å². The molecule has 1 amide bonds. The Morgan fingerprint density at radius 1 is 1.28 bits per heavy atom. The van der Waals surface area contributed by atoms with E-state index in [2.05, 4.69) is 16.4 Å². The number of nitrogens with one attached hydrogen (secondary N) is 1. The summed E-state index contributed by atoms with van der Waals surface area (Å²) in [5.74, 6) is 0.892. The fourth-order valence-electron chi connectivity index (χ4n) is 2.85. The highest BCUT2D eigenvalue weighted by Gasteiger charge is 2.18. The van der Waals surface area contributed by atoms with E-state index in [0.717, 1.165) is 30.0 Å². The maximum absolute atomic E-state index is 12.5. The largest absolute Gasteiger partial charge is 0.496 e. The van der Waals surface area contributed by atoms with Crippen molar-refractivity contribution in [2.24, 2.45) is 0 Å². The summed E-state index contributed by atoms with van der Waals surface area (Å²) in [6.07, 6.45) is 4.17. The Morgan fingerprint density at radius 2 is 2.08 bits per heavy atom. The van der Waals surface area contributed by atoms with Crippen molar-refractivity contribution in [3.63, 3.8) is 0 Å². The molecule has 0 saturated carbocycles. The van der Waals surface area contributed by atoms with Gasteiger partial charge in [0, 0.05) is 32.0 Å². The van der Waals surface area contributed by atoms with E-state index in [4.69, 9.17) is 9.47 Å². The minimum atomic E-state index is 0.00387. The van der Waals surface area contributed by atoms with Crippen molar-refractivity contribution in [2.45, 2.75) is 6.42 Å². The van der Waals surface area contributed by atoms with E-state index in [0.29, 0.717) is 31.9 Å². The summed E-state index contributed by atoms with van der Waals surface area (Å²) >= 11 is 0. The van der Waals surface area contributed by atoms with Crippen LogP contribution >= 0.6 is 0 Å². The van der Waals surface area contributed by atoms with Crippen molar-refractivity contribution in [1.82, 2.24) is 9.88 Å². The van der Waals surface area contributed by atoms with Crippen molar-refractivity contribution >= 4 is 11.6 Å². The second-order valence-electron chi connectivity index (χ2n) is 5.86. The fraction of sp³-hybridized carbons (Fsp3) is 0.368. The van der Waals surface area contributed by atoms with Gasteiger partial charge in [-0.25, -0.2) is 0 Å². The first-order valence-corrected chi connectivity index (χ1v) is 8.46. The molecular formula is C19H23N3O3. The maximum atomic E-state index is 12.5. The summed E-state index contributed by atoms with van der Waals surface area (Å²) in [7, 11) is 1.68. The molecule has 0 aliphatic carbocycles. The van der Waals surface area contributed by atoms with Crippen LogP contribution in [0.5, 0.6) is 5.75 Å². The van der Waals surface area contributed by atoms with Crippen LogP contribution in [0.3, 0.4) is 0 Å². The van der Waals surface area contributed by atoms with Crippen LogP contribution in [0.1, 0.15) is 15.9 Å². The molecule has 1 fully saturated rings. The SMILES string of the molecule is COc1ccccc1CCNc1cncc(C(=O)N2CCOCC2)c1. The smallest absolute Gasteiger partial charge is 0.255 e. The topological polar surface area (TPSA) is 63.7 Å². The van der Waals surface area contributed by atoms with E-state index in [1.165, 1.54) is 0 Å². The Morgan fingerprint density at radius 3 is 2.88 bits per heavy atom. The number of carbonyl (C=O) groups is 1. The average Bonchev–Trinajstić information content (AvgIpc) is 2.69. The lowest BCUT2D eigenvalue weighted by atomic mass is 10.1. The average molecular weight is 341 g/mol. The minimum Gasteiger partial charge on any atom is -0.496 e. The summed E-state index contributed by atoms with van der Waals surface area (Å²) in [5, 5.41) is 3.33. The molecule has 6 heteroatoms. The molecule has 25 heavy (non-hydrogen) atoms. The highest BCUT2D eigenvalue weighted by molar-refractivity contribution is 5.94. The molecule has 1 aliphatic rings. The lowest BCUT2D eigenvalue weighted by molar-refractivity contribution is 0.0302. The number of hydrogen-bond donors (Lipinski definition) is 1. The van der Waals surface area contributed by atoms with Crippen LogP contribution < -0.4 is 10.1 Å². The lowest BCUT2D eigenvalue weighted by Gasteiger charge is -2.26. The highest BCUT2D eigenvalue weighted by atomic mass is 16.5. The number of benzene rings is 1. The van der Waals surface area contributed by atoms with Crippen LogP contribution in [0.2, 0.25) is 0 Å². The maximum Gasteiger partial charge on any atom is 0.255 e. The molecule has 0 radical (unpaired) electrons. The number of pyridine rings is 1. The van der Waals surface area contributed by atoms with Gasteiger partial charge >= 0.3 is 0 Å². The van der Waals surface area contributed by atoms with E-state index in [9.17, 15) is 4.79 Å². The van der Waals surface area contributed by atoms with Crippen LogP contribution in [0, 0.1) is 0 Å². The molecule has 0 bridgehead atoms. The number of amides is 1. The number of nitrogens with zero attached hydrogens (tertiary/aromatic N) is 2. The molecule has 132 valence electrons. The van der Waals surface area contributed by atoms with E-state index in [1.54, 1.807) is 24.4 Å². The van der Waals surface area contributed by atoms with E-state index < -0.39 is 0 Å². The van der Waals surface area contributed by atoms with Crippen LogP contribution in [0.15, 0.2) is 42.7 Å². The zero-order valence-corrected chi connectivity index (χ0v) is 14.4. The van der Waals surface area contributed by atoms with Gasteiger partial charge in [-0.3, -0.25) is 9.78 Å². The van der Waals surface area contributed by atoms with Crippen molar-refractivity contribution in [3.05, 3.63) is 53.9 Å². The van der Waals surface area contributed by atoms with Gasteiger partial charge in [-0.15, -0.1) is 0 Å². The molecule has 2 heterocycles. The van der Waals surface area contributed by atoms with Crippen LogP contribution in [0.4, 0.5) is 5.69 Å². The van der Waals surface area contributed by atoms with Gasteiger partial charge in [0.05, 0.1) is 31.6 Å². The number of morpholine rings is 1. The molecule has 0 atom stereocenters. The summed E-state index contributed by atoms with van der Waals surface area (Å²) in [6.45, 7) is 3.18. The molecule has 0 spiro atoms. The number of aromatic nitrogens is 1. The second kappa shape index (κ2) is 8.48. The number of rotatable bonds is 6. The predicted molar refractivity (Wildman–Crippen MR) is 96.1 cm³/mol. The number of hydrogen-bond acceptors (Lipinski definition) is 5. The van der Waals surface area contributed by atoms with Gasteiger partial charge in [0.1, 0.15) is 5.75 Å². The third-order valence-corrected chi connectivity index (χ3v) is 4.20. The molecule has 6 nitrogen and oxygen atoms in total. The Hall–Kier alpha value is -2.60. The van der Waals surface area contributed by atoms with Crippen LogP contribution in [-0.4, -0.2) is 55.7 Å². The molecule has 1 saturated heterocycles. The summed E-state index contributed by atoms with van der Waals surface area (Å²) in [6, 6.07) is 9.82. The summed E-state index contributed by atoms with van der Waals surface area (Å²) < 4.78 is 10.7. The Balaban J connectivity index is 1.59. The first-order chi connectivity index (χ1) is 12.3. The van der Waals surface area contributed by atoms with Gasteiger partial charge in [0.2, 0.25) is 0 Å².